The summed E-state index contributed by atoms with van der Waals surface area (Å²) in [5, 5.41) is 1.07. The molecule has 2 nitrogen and oxygen atoms in total. The van der Waals surface area contributed by atoms with Gasteiger partial charge in [-0.05, 0) is 35.9 Å². The minimum atomic E-state index is -0.0794. The van der Waals surface area contributed by atoms with Crippen LogP contribution in [-0.4, -0.2) is 5.78 Å². The van der Waals surface area contributed by atoms with E-state index in [1.165, 1.54) is 0 Å². The highest BCUT2D eigenvalue weighted by atomic mass is 35.5. The lowest BCUT2D eigenvalue weighted by Gasteiger charge is -2.09. The molecule has 23 heavy (non-hydrogen) atoms. The maximum absolute atomic E-state index is 12.6. The Kier molecular flexibility index (Phi) is 4.37. The van der Waals surface area contributed by atoms with Crippen LogP contribution in [-0.2, 0) is 0 Å². The molecule has 0 aliphatic rings. The molecule has 0 amide bonds. The van der Waals surface area contributed by atoms with Gasteiger partial charge < -0.3 is 5.73 Å². The van der Waals surface area contributed by atoms with Crippen molar-refractivity contribution in [2.75, 3.05) is 5.73 Å². The fourth-order valence-electron chi connectivity index (χ4n) is 2.42. The Balaban J connectivity index is 2.08. The highest BCUT2D eigenvalue weighted by molar-refractivity contribution is 6.36. The fourth-order valence-corrected chi connectivity index (χ4v) is 2.94. The van der Waals surface area contributed by atoms with Crippen molar-refractivity contribution in [2.24, 2.45) is 0 Å². The Morgan fingerprint density at radius 2 is 1.57 bits per heavy atom. The number of ketones is 1. The molecule has 0 aliphatic heterocycles. The molecule has 0 bridgehead atoms. The van der Waals surface area contributed by atoms with Crippen molar-refractivity contribution in [3.63, 3.8) is 0 Å². The van der Waals surface area contributed by atoms with Crippen LogP contribution in [0.4, 0.5) is 5.69 Å². The van der Waals surface area contributed by atoms with Gasteiger partial charge in [-0.1, -0.05) is 59.6 Å². The van der Waals surface area contributed by atoms with Crippen LogP contribution in [0, 0.1) is 0 Å². The third-order valence-corrected chi connectivity index (χ3v) is 4.04. The van der Waals surface area contributed by atoms with E-state index in [9.17, 15) is 4.79 Å². The summed E-state index contributed by atoms with van der Waals surface area (Å²) in [5.41, 5.74) is 9.19. The lowest BCUT2D eigenvalue weighted by atomic mass is 9.97. The van der Waals surface area contributed by atoms with Gasteiger partial charge in [-0.25, -0.2) is 0 Å². The molecule has 0 aromatic heterocycles. The van der Waals surface area contributed by atoms with Crippen molar-refractivity contribution in [3.05, 3.63) is 87.9 Å². The van der Waals surface area contributed by atoms with Crippen molar-refractivity contribution in [2.45, 2.75) is 0 Å². The second-order valence-electron chi connectivity index (χ2n) is 5.16. The predicted octanol–water partition coefficient (Wildman–Crippen LogP) is 5.47. The van der Waals surface area contributed by atoms with Gasteiger partial charge in [0.2, 0.25) is 0 Å². The van der Waals surface area contributed by atoms with Gasteiger partial charge in [0, 0.05) is 32.4 Å². The first-order valence-corrected chi connectivity index (χ1v) is 7.76. The monoisotopic (exact) mass is 341 g/mol. The first-order valence-electron chi connectivity index (χ1n) is 7.00. The molecule has 0 saturated heterocycles. The van der Waals surface area contributed by atoms with E-state index in [2.05, 4.69) is 0 Å². The van der Waals surface area contributed by atoms with E-state index in [1.54, 1.807) is 42.5 Å². The van der Waals surface area contributed by atoms with Gasteiger partial charge in [0.05, 0.1) is 0 Å². The molecule has 0 aliphatic carbocycles. The number of carbonyl (C=O) groups is 1. The maximum Gasteiger partial charge on any atom is 0.193 e. The van der Waals surface area contributed by atoms with Crippen LogP contribution in [0.2, 0.25) is 10.0 Å². The third-order valence-electron chi connectivity index (χ3n) is 3.50. The minimum Gasteiger partial charge on any atom is -0.399 e. The van der Waals surface area contributed by atoms with Gasteiger partial charge >= 0.3 is 0 Å². The summed E-state index contributed by atoms with van der Waals surface area (Å²) < 4.78 is 0. The van der Waals surface area contributed by atoms with Crippen molar-refractivity contribution in [3.8, 4) is 11.1 Å². The summed E-state index contributed by atoms with van der Waals surface area (Å²) in [6.07, 6.45) is 0. The van der Waals surface area contributed by atoms with E-state index in [-0.39, 0.29) is 5.78 Å². The molecule has 0 saturated carbocycles. The van der Waals surface area contributed by atoms with E-state index in [0.29, 0.717) is 26.9 Å². The number of benzene rings is 3. The van der Waals surface area contributed by atoms with Crippen LogP contribution >= 0.6 is 23.2 Å². The average molecular weight is 342 g/mol. The lowest BCUT2D eigenvalue weighted by molar-refractivity contribution is 0.103. The molecule has 3 aromatic rings. The zero-order chi connectivity index (χ0) is 16.4. The first kappa shape index (κ1) is 15.6. The quantitative estimate of drug-likeness (QED) is 0.506. The Hall–Kier alpha value is -2.29. The predicted molar refractivity (Wildman–Crippen MR) is 96.2 cm³/mol. The molecule has 114 valence electrons. The fraction of sp³-hybridized carbons (Fsp3) is 0. The largest absolute Gasteiger partial charge is 0.399 e. The number of hydrogen-bond acceptors (Lipinski definition) is 2. The second-order valence-corrected chi connectivity index (χ2v) is 6.01. The second kappa shape index (κ2) is 6.45. The number of halogens is 2. The van der Waals surface area contributed by atoms with Gasteiger partial charge in [-0.15, -0.1) is 0 Å². The van der Waals surface area contributed by atoms with Crippen molar-refractivity contribution < 1.29 is 4.79 Å². The number of anilines is 1. The number of carbonyl (C=O) groups excluding carboxylic acids is 1. The van der Waals surface area contributed by atoms with Gasteiger partial charge in [0.15, 0.2) is 5.78 Å². The van der Waals surface area contributed by atoms with Crippen LogP contribution in [0.1, 0.15) is 15.9 Å². The van der Waals surface area contributed by atoms with Crippen molar-refractivity contribution in [1.82, 2.24) is 0 Å². The lowest BCUT2D eigenvalue weighted by Crippen LogP contribution is -2.02. The summed E-state index contributed by atoms with van der Waals surface area (Å²) in [4.78, 5) is 12.6. The van der Waals surface area contributed by atoms with Gasteiger partial charge in [0.1, 0.15) is 0 Å². The highest BCUT2D eigenvalue weighted by Crippen LogP contribution is 2.32. The van der Waals surface area contributed by atoms with Crippen LogP contribution in [0.3, 0.4) is 0 Å². The molecule has 0 heterocycles. The van der Waals surface area contributed by atoms with E-state index >= 15 is 0 Å². The minimum absolute atomic E-state index is 0.0794. The molecule has 3 aromatic carbocycles. The molecule has 0 radical (unpaired) electrons. The zero-order valence-electron chi connectivity index (χ0n) is 12.1. The third kappa shape index (κ3) is 3.39. The van der Waals surface area contributed by atoms with Gasteiger partial charge in [0.25, 0.3) is 0 Å². The highest BCUT2D eigenvalue weighted by Gasteiger charge is 2.12. The van der Waals surface area contributed by atoms with Gasteiger partial charge in [-0.3, -0.25) is 4.79 Å². The maximum atomic E-state index is 12.6. The van der Waals surface area contributed by atoms with Crippen LogP contribution in [0.25, 0.3) is 11.1 Å². The number of hydrogen-bond donors (Lipinski definition) is 1. The molecular weight excluding hydrogens is 329 g/mol. The molecule has 0 spiro atoms. The van der Waals surface area contributed by atoms with Crippen LogP contribution < -0.4 is 5.73 Å². The standard InChI is InChI=1S/C19H13Cl2NO/c20-15-6-7-17(18(21)11-15)13-8-14(10-16(22)9-13)19(23)12-4-2-1-3-5-12/h1-11H,22H2. The van der Waals surface area contributed by atoms with Gasteiger partial charge in [-0.2, -0.15) is 0 Å². The Morgan fingerprint density at radius 1 is 0.826 bits per heavy atom. The van der Waals surface area contributed by atoms with Crippen molar-refractivity contribution in [1.29, 1.82) is 0 Å². The topological polar surface area (TPSA) is 43.1 Å². The molecule has 2 N–H and O–H groups in total. The normalized spacial score (nSPS) is 10.5. The molecule has 0 atom stereocenters. The first-order chi connectivity index (χ1) is 11.0. The zero-order valence-corrected chi connectivity index (χ0v) is 13.6. The summed E-state index contributed by atoms with van der Waals surface area (Å²) in [5.74, 6) is -0.0794. The summed E-state index contributed by atoms with van der Waals surface area (Å²) in [6, 6.07) is 19.6. The molecule has 0 unspecified atom stereocenters. The Bertz CT molecular complexity index is 876. The van der Waals surface area contributed by atoms with E-state index in [0.717, 1.165) is 11.1 Å². The van der Waals surface area contributed by atoms with Crippen molar-refractivity contribution >= 4 is 34.7 Å². The molecule has 4 heteroatoms. The molecule has 0 fully saturated rings. The summed E-state index contributed by atoms with van der Waals surface area (Å²) >= 11 is 12.2. The molecule has 3 rings (SSSR count). The number of rotatable bonds is 3. The summed E-state index contributed by atoms with van der Waals surface area (Å²) in [6.45, 7) is 0. The SMILES string of the molecule is Nc1cc(C(=O)c2ccccc2)cc(-c2ccc(Cl)cc2Cl)c1. The van der Waals surface area contributed by atoms with E-state index in [4.69, 9.17) is 28.9 Å². The van der Waals surface area contributed by atoms with Crippen LogP contribution in [0.15, 0.2) is 66.7 Å². The Morgan fingerprint density at radius 3 is 2.26 bits per heavy atom. The average Bonchev–Trinajstić information content (AvgIpc) is 2.54. The summed E-state index contributed by atoms with van der Waals surface area (Å²) in [7, 11) is 0. The van der Waals surface area contributed by atoms with E-state index in [1.807, 2.05) is 24.3 Å². The number of nitrogens with two attached hydrogens (primary N) is 1. The van der Waals surface area contributed by atoms with Crippen LogP contribution in [0.5, 0.6) is 0 Å². The molecular formula is C19H13Cl2NO. The van der Waals surface area contributed by atoms with E-state index < -0.39 is 0 Å². The Labute approximate surface area is 144 Å². The number of nitrogen functional groups attached to an aromatic ring is 1. The smallest absolute Gasteiger partial charge is 0.193 e.